The molecule has 8 heteroatoms. The molecule has 0 bridgehead atoms. The number of aliphatic hydroxyl groups excluding tert-OH is 2. The van der Waals surface area contributed by atoms with Gasteiger partial charge in [0.05, 0.1) is 13.2 Å². The number of carbonyl (C=O) groups is 2. The minimum Gasteiger partial charge on any atom is -0.400 e. The maximum Gasteiger partial charge on any atom is 0.273 e. The Balaban J connectivity index is 0.00000443. The van der Waals surface area contributed by atoms with Crippen molar-refractivity contribution >= 4 is 17.5 Å². The minimum absolute atomic E-state index is 0.0412. The van der Waals surface area contributed by atoms with Gasteiger partial charge in [0, 0.05) is 37.4 Å². The fourth-order valence-electron chi connectivity index (χ4n) is 5.48. The van der Waals surface area contributed by atoms with Gasteiger partial charge in [-0.2, -0.15) is 0 Å². The first kappa shape index (κ1) is 41.2. The molecule has 7 nitrogen and oxygen atoms in total. The second-order valence-corrected chi connectivity index (χ2v) is 12.6. The van der Waals surface area contributed by atoms with Crippen molar-refractivity contribution in [1.29, 1.82) is 5.41 Å². The monoisotopic (exact) mass is 617 g/mol. The fraction of sp³-hybridized carbons (Fsp3) is 0.639. The van der Waals surface area contributed by atoms with E-state index in [2.05, 4.69) is 39.9 Å². The first-order valence-electron chi connectivity index (χ1n) is 16.0. The number of hydrogen-bond donors (Lipinski definition) is 4. The molecule has 1 aromatic carbocycles. The van der Waals surface area contributed by atoms with Crippen LogP contribution < -0.4 is 5.32 Å². The van der Waals surface area contributed by atoms with E-state index in [0.29, 0.717) is 37.2 Å². The van der Waals surface area contributed by atoms with E-state index in [4.69, 9.17) is 15.6 Å². The molecule has 0 aromatic heterocycles. The number of rotatable bonds is 13. The van der Waals surface area contributed by atoms with Gasteiger partial charge in [-0.25, -0.2) is 0 Å². The van der Waals surface area contributed by atoms with E-state index in [1.54, 1.807) is 6.92 Å². The molecule has 0 radical (unpaired) electrons. The maximum atomic E-state index is 14.2. The molecular weight excluding hydrogens is 557 g/mol. The zero-order valence-electron chi connectivity index (χ0n) is 28.6. The molecule has 1 fully saturated rings. The van der Waals surface area contributed by atoms with E-state index in [1.807, 2.05) is 47.4 Å². The molecule has 44 heavy (non-hydrogen) atoms. The van der Waals surface area contributed by atoms with Gasteiger partial charge >= 0.3 is 0 Å². The Morgan fingerprint density at radius 1 is 1.07 bits per heavy atom. The highest BCUT2D eigenvalue weighted by Gasteiger charge is 2.35. The van der Waals surface area contributed by atoms with Gasteiger partial charge in [-0.15, -0.1) is 0 Å². The lowest BCUT2D eigenvalue weighted by Crippen LogP contribution is -2.50. The van der Waals surface area contributed by atoms with Crippen molar-refractivity contribution in [2.75, 3.05) is 27.4 Å². The third-order valence-corrected chi connectivity index (χ3v) is 8.14. The molecule has 3 atom stereocenters. The molecule has 1 aromatic rings. The number of nitrogens with one attached hydrogen (secondary N) is 2. The van der Waals surface area contributed by atoms with E-state index in [1.165, 1.54) is 6.42 Å². The van der Waals surface area contributed by atoms with Crippen molar-refractivity contribution < 1.29 is 24.2 Å². The van der Waals surface area contributed by atoms with Crippen LogP contribution in [0.4, 0.5) is 4.39 Å². The van der Waals surface area contributed by atoms with Crippen LogP contribution in [0.3, 0.4) is 0 Å². The fourth-order valence-corrected chi connectivity index (χ4v) is 5.48. The van der Waals surface area contributed by atoms with Crippen LogP contribution in [-0.4, -0.2) is 72.2 Å². The molecule has 4 N–H and O–H groups in total. The van der Waals surface area contributed by atoms with Crippen LogP contribution in [0.25, 0.3) is 0 Å². The topological polar surface area (TPSA) is 114 Å². The van der Waals surface area contributed by atoms with Gasteiger partial charge in [-0.1, -0.05) is 95.0 Å². The summed E-state index contributed by atoms with van der Waals surface area (Å²) in [6, 6.07) is 9.25. The first-order chi connectivity index (χ1) is 21.0. The van der Waals surface area contributed by atoms with Crippen LogP contribution in [0.1, 0.15) is 105 Å². The van der Waals surface area contributed by atoms with E-state index >= 15 is 0 Å². The Labute approximate surface area is 266 Å². The average molecular weight is 618 g/mol. The molecule has 1 aliphatic rings. The number of carbonyl (C=O) groups excluding carboxylic acids is 2. The summed E-state index contributed by atoms with van der Waals surface area (Å²) in [5.41, 5.74) is 2.39. The van der Waals surface area contributed by atoms with Gasteiger partial charge < -0.3 is 20.4 Å². The van der Waals surface area contributed by atoms with Crippen LogP contribution in [0.5, 0.6) is 0 Å². The van der Waals surface area contributed by atoms with Crippen molar-refractivity contribution in [1.82, 2.24) is 10.2 Å². The number of halogens is 1. The predicted molar refractivity (Wildman–Crippen MR) is 181 cm³/mol. The Bertz CT molecular complexity index is 1030. The zero-order chi connectivity index (χ0) is 33.7. The normalized spacial score (nSPS) is 18.0. The quantitative estimate of drug-likeness (QED) is 0.0626. The summed E-state index contributed by atoms with van der Waals surface area (Å²) in [4.78, 5) is 28.8. The van der Waals surface area contributed by atoms with Gasteiger partial charge in [0.15, 0.2) is 0 Å². The summed E-state index contributed by atoms with van der Waals surface area (Å²) in [5, 5.41) is 27.8. The summed E-state index contributed by atoms with van der Waals surface area (Å²) >= 11 is 0. The second kappa shape index (κ2) is 22.6. The van der Waals surface area contributed by atoms with Crippen molar-refractivity contribution in [3.63, 3.8) is 0 Å². The summed E-state index contributed by atoms with van der Waals surface area (Å²) in [6.45, 7) is 13.2. The Morgan fingerprint density at radius 3 is 2.27 bits per heavy atom. The van der Waals surface area contributed by atoms with Gasteiger partial charge in [-0.3, -0.25) is 19.4 Å². The third-order valence-electron chi connectivity index (χ3n) is 8.14. The number of allylic oxidation sites excluding steroid dienone is 2. The molecule has 0 heterocycles. The Kier molecular flexibility index (Phi) is 21.2. The second-order valence-electron chi connectivity index (χ2n) is 12.6. The van der Waals surface area contributed by atoms with E-state index in [9.17, 15) is 14.0 Å². The molecule has 2 amide bonds. The molecule has 1 aliphatic carbocycles. The van der Waals surface area contributed by atoms with Crippen LogP contribution >= 0.6 is 0 Å². The van der Waals surface area contributed by atoms with Gasteiger partial charge in [0.2, 0.25) is 5.91 Å². The highest BCUT2D eigenvalue weighted by molar-refractivity contribution is 6.44. The number of nitrogens with zero attached hydrogens (tertiary/aromatic N) is 1. The van der Waals surface area contributed by atoms with E-state index in [-0.39, 0.29) is 41.6 Å². The molecule has 2 rings (SSSR count). The van der Waals surface area contributed by atoms with Crippen molar-refractivity contribution in [3.8, 4) is 0 Å². The predicted octanol–water partition coefficient (Wildman–Crippen LogP) is 7.02. The van der Waals surface area contributed by atoms with Crippen LogP contribution in [0.15, 0.2) is 53.6 Å². The Morgan fingerprint density at radius 2 is 1.70 bits per heavy atom. The molecule has 0 spiro atoms. The van der Waals surface area contributed by atoms with Crippen LogP contribution in [-0.2, 0) is 9.59 Å². The largest absolute Gasteiger partial charge is 0.400 e. The number of aliphatic hydroxyl groups is 2. The van der Waals surface area contributed by atoms with E-state index < -0.39 is 0 Å². The molecule has 3 unspecified atom stereocenters. The number of hydrogen-bond acceptors (Lipinski definition) is 5. The van der Waals surface area contributed by atoms with E-state index in [0.717, 1.165) is 57.6 Å². The standard InChI is InChI=1S/C34H53N3O3.CH3F.CH4O/c1-7-27-13-11-16-29(20-19-27)37(33(40)31(35)28-14-9-8-10-15-28)30(21-22-34(4,5)6)25(2)17-18-26(3)32(39)36-23-12-24-38;2*1-2/h8-10,14-15,17-18,27,29-30,35,38H,7,11-13,16,19-24H2,1-6H3,(H,36,39);1H3;2H,1H3/b25-17+,26-18+,35-31?;;. The lowest BCUT2D eigenvalue weighted by Gasteiger charge is -2.40. The third kappa shape index (κ3) is 14.8. The molecule has 1 saturated carbocycles. The number of alkyl halides is 1. The number of amides is 2. The average Bonchev–Trinajstić information content (AvgIpc) is 3.28. The van der Waals surface area contributed by atoms with Crippen molar-refractivity contribution in [3.05, 3.63) is 59.2 Å². The molecule has 250 valence electrons. The van der Waals surface area contributed by atoms with Crippen molar-refractivity contribution in [2.24, 2.45) is 11.3 Å². The first-order valence-corrected chi connectivity index (χ1v) is 16.0. The minimum atomic E-state index is -0.208. The molecule has 0 saturated heterocycles. The van der Waals surface area contributed by atoms with Gasteiger partial charge in [0.25, 0.3) is 5.91 Å². The zero-order valence-corrected chi connectivity index (χ0v) is 28.6. The van der Waals surface area contributed by atoms with Gasteiger partial charge in [0.1, 0.15) is 5.71 Å². The highest BCUT2D eigenvalue weighted by Crippen LogP contribution is 2.33. The van der Waals surface area contributed by atoms with Crippen LogP contribution in [0.2, 0.25) is 0 Å². The lowest BCUT2D eigenvalue weighted by atomic mass is 9.85. The highest BCUT2D eigenvalue weighted by atomic mass is 19.1. The van der Waals surface area contributed by atoms with Crippen molar-refractivity contribution in [2.45, 2.75) is 111 Å². The Hall–Kier alpha value is -2.84. The SMILES string of the molecule is CCC1CCCC(N(C(=O)C(=N)c2ccccc2)C(CCC(C)(C)C)/C(C)=C/C=C(\C)C(=O)NCCCO)CC1.CF.CO. The molecular formula is C36H60FN3O4. The van der Waals surface area contributed by atoms with Gasteiger partial charge in [-0.05, 0) is 63.7 Å². The summed E-state index contributed by atoms with van der Waals surface area (Å²) in [6.07, 6.45) is 12.5. The smallest absolute Gasteiger partial charge is 0.273 e. The number of benzene rings is 1. The molecule has 0 aliphatic heterocycles. The summed E-state index contributed by atoms with van der Waals surface area (Å²) < 4.78 is 9.50. The maximum absolute atomic E-state index is 14.2. The summed E-state index contributed by atoms with van der Waals surface area (Å²) in [7, 11) is 1.50. The lowest BCUT2D eigenvalue weighted by molar-refractivity contribution is -0.128. The van der Waals surface area contributed by atoms with Crippen LogP contribution in [0, 0.1) is 16.7 Å². The summed E-state index contributed by atoms with van der Waals surface area (Å²) in [5.74, 6) is 0.326.